The minimum Gasteiger partial charge on any atom is -0.411 e. The number of carbonyl (C=O) groups is 1. The molecule has 0 aliphatic heterocycles. The van der Waals surface area contributed by atoms with E-state index in [2.05, 4.69) is 36.2 Å². The van der Waals surface area contributed by atoms with Gasteiger partial charge in [-0.15, -0.1) is 10.2 Å². The first-order valence-electron chi connectivity index (χ1n) is 7.88. The molecule has 0 bridgehead atoms. The molecule has 146 valence electrons. The van der Waals surface area contributed by atoms with Gasteiger partial charge in [-0.25, -0.2) is 8.42 Å². The highest BCUT2D eigenvalue weighted by molar-refractivity contribution is 9.10. The van der Waals surface area contributed by atoms with Gasteiger partial charge in [-0.05, 0) is 48.5 Å². The molecule has 3 rings (SSSR count). The number of nitrogens with one attached hydrogen (secondary N) is 2. The number of hydrogen-bond donors (Lipinski definition) is 2. The van der Waals surface area contributed by atoms with Gasteiger partial charge in [0, 0.05) is 21.4 Å². The van der Waals surface area contributed by atoms with E-state index in [1.54, 1.807) is 36.4 Å². The Morgan fingerprint density at radius 3 is 2.36 bits per heavy atom. The maximum Gasteiger partial charge on any atom is 0.277 e. The van der Waals surface area contributed by atoms with Gasteiger partial charge in [-0.2, -0.15) is 0 Å². The molecule has 1 amide bonds. The Bertz CT molecular complexity index is 1070. The highest BCUT2D eigenvalue weighted by atomic mass is 79.9. The third kappa shape index (κ3) is 6.08. The first-order valence-corrected chi connectivity index (χ1v) is 11.6. The van der Waals surface area contributed by atoms with Crippen molar-refractivity contribution in [2.45, 2.75) is 5.22 Å². The molecule has 0 saturated heterocycles. The second-order valence-electron chi connectivity index (χ2n) is 5.67. The van der Waals surface area contributed by atoms with E-state index in [1.165, 1.54) is 0 Å². The lowest BCUT2D eigenvalue weighted by molar-refractivity contribution is -0.113. The lowest BCUT2D eigenvalue weighted by Gasteiger charge is -2.04. The van der Waals surface area contributed by atoms with Gasteiger partial charge in [0.15, 0.2) is 0 Å². The fourth-order valence-electron chi connectivity index (χ4n) is 2.14. The number of sulfonamides is 1. The number of benzene rings is 2. The molecule has 0 saturated carbocycles. The molecule has 1 heterocycles. The Morgan fingerprint density at radius 1 is 1.07 bits per heavy atom. The van der Waals surface area contributed by atoms with Crippen molar-refractivity contribution in [3.63, 3.8) is 0 Å². The van der Waals surface area contributed by atoms with Crippen LogP contribution in [-0.2, 0) is 14.8 Å². The monoisotopic (exact) mass is 482 g/mol. The van der Waals surface area contributed by atoms with Gasteiger partial charge >= 0.3 is 0 Å². The molecule has 1 aromatic heterocycles. The van der Waals surface area contributed by atoms with Gasteiger partial charge in [0.2, 0.25) is 21.8 Å². The van der Waals surface area contributed by atoms with Crippen LogP contribution >= 0.6 is 27.7 Å². The Kier molecular flexibility index (Phi) is 6.37. The molecular weight excluding hydrogens is 468 g/mol. The summed E-state index contributed by atoms with van der Waals surface area (Å²) >= 11 is 4.46. The molecular formula is C17H15BrN4O4S2. The Balaban J connectivity index is 1.56. The van der Waals surface area contributed by atoms with E-state index in [0.717, 1.165) is 22.5 Å². The van der Waals surface area contributed by atoms with Crippen LogP contribution in [0.3, 0.4) is 0 Å². The van der Waals surface area contributed by atoms with Crippen molar-refractivity contribution in [1.29, 1.82) is 0 Å². The maximum absolute atomic E-state index is 12.0. The quantitative estimate of drug-likeness (QED) is 0.494. The first-order chi connectivity index (χ1) is 13.3. The van der Waals surface area contributed by atoms with E-state index >= 15 is 0 Å². The zero-order valence-corrected chi connectivity index (χ0v) is 17.8. The molecule has 0 aliphatic carbocycles. The largest absolute Gasteiger partial charge is 0.411 e. The molecule has 2 N–H and O–H groups in total. The molecule has 2 aromatic carbocycles. The van der Waals surface area contributed by atoms with Crippen LogP contribution in [0.2, 0.25) is 0 Å². The van der Waals surface area contributed by atoms with Crippen LogP contribution in [-0.4, -0.2) is 36.5 Å². The van der Waals surface area contributed by atoms with Crippen LogP contribution in [0.5, 0.6) is 0 Å². The standard InChI is InChI=1S/C17H15BrN4O4S2/c1-28(24,25)22-14-6-2-11(3-7-14)16-20-21-17(26-16)27-10-15(23)19-13-8-4-12(18)5-9-13/h2-9,22H,10H2,1H3,(H,19,23). The number of hydrogen-bond acceptors (Lipinski definition) is 7. The number of amides is 1. The Hall–Kier alpha value is -2.37. The SMILES string of the molecule is CS(=O)(=O)Nc1ccc(-c2nnc(SCC(=O)Nc3ccc(Br)cc3)o2)cc1. The fraction of sp³-hybridized carbons (Fsp3) is 0.118. The number of rotatable bonds is 7. The number of nitrogens with zero attached hydrogens (tertiary/aromatic N) is 2. The van der Waals surface area contributed by atoms with Gasteiger partial charge in [0.25, 0.3) is 5.22 Å². The zero-order chi connectivity index (χ0) is 20.1. The minimum atomic E-state index is -3.34. The number of carbonyl (C=O) groups excluding carboxylic acids is 1. The number of anilines is 2. The van der Waals surface area contributed by atoms with Crippen molar-refractivity contribution < 1.29 is 17.6 Å². The van der Waals surface area contributed by atoms with Crippen molar-refractivity contribution >= 4 is 55.0 Å². The van der Waals surface area contributed by atoms with Gasteiger partial charge in [0.1, 0.15) is 0 Å². The molecule has 11 heteroatoms. The van der Waals surface area contributed by atoms with Crippen LogP contribution in [0.15, 0.2) is 62.6 Å². The highest BCUT2D eigenvalue weighted by Gasteiger charge is 2.12. The lowest BCUT2D eigenvalue weighted by atomic mass is 10.2. The van der Waals surface area contributed by atoms with Crippen LogP contribution < -0.4 is 10.0 Å². The summed E-state index contributed by atoms with van der Waals surface area (Å²) in [6.45, 7) is 0. The van der Waals surface area contributed by atoms with Crippen LogP contribution in [0.1, 0.15) is 0 Å². The summed E-state index contributed by atoms with van der Waals surface area (Å²) in [6.07, 6.45) is 1.08. The van der Waals surface area contributed by atoms with E-state index in [1.807, 2.05) is 12.1 Å². The number of halogens is 1. The molecule has 0 fully saturated rings. The topological polar surface area (TPSA) is 114 Å². The smallest absolute Gasteiger partial charge is 0.277 e. The summed E-state index contributed by atoms with van der Waals surface area (Å²) < 4.78 is 31.3. The van der Waals surface area contributed by atoms with Crippen molar-refractivity contribution in [3.8, 4) is 11.5 Å². The van der Waals surface area contributed by atoms with Crippen LogP contribution in [0.25, 0.3) is 11.5 Å². The van der Waals surface area contributed by atoms with E-state index in [-0.39, 0.29) is 22.8 Å². The minimum absolute atomic E-state index is 0.120. The summed E-state index contributed by atoms with van der Waals surface area (Å²) in [6, 6.07) is 13.8. The number of thioether (sulfide) groups is 1. The molecule has 3 aromatic rings. The van der Waals surface area contributed by atoms with Gasteiger partial charge < -0.3 is 9.73 Å². The molecule has 0 spiro atoms. The molecule has 0 unspecified atom stereocenters. The molecule has 0 aliphatic rings. The average molecular weight is 483 g/mol. The van der Waals surface area contributed by atoms with E-state index in [0.29, 0.717) is 16.9 Å². The average Bonchev–Trinajstić information content (AvgIpc) is 3.10. The van der Waals surface area contributed by atoms with Crippen molar-refractivity contribution in [1.82, 2.24) is 10.2 Å². The second kappa shape index (κ2) is 8.76. The molecule has 0 atom stereocenters. The van der Waals surface area contributed by atoms with E-state index < -0.39 is 10.0 Å². The summed E-state index contributed by atoms with van der Waals surface area (Å²) in [5.41, 5.74) is 1.77. The summed E-state index contributed by atoms with van der Waals surface area (Å²) in [7, 11) is -3.34. The number of aromatic nitrogens is 2. The molecule has 0 radical (unpaired) electrons. The van der Waals surface area contributed by atoms with Crippen molar-refractivity contribution in [3.05, 3.63) is 53.0 Å². The van der Waals surface area contributed by atoms with E-state index in [9.17, 15) is 13.2 Å². The van der Waals surface area contributed by atoms with E-state index in [4.69, 9.17) is 4.42 Å². The van der Waals surface area contributed by atoms with Gasteiger partial charge in [0.05, 0.1) is 12.0 Å². The van der Waals surface area contributed by atoms with Crippen LogP contribution in [0, 0.1) is 0 Å². The predicted octanol–water partition coefficient (Wildman–Crippen LogP) is 3.60. The Labute approximate surface area is 174 Å². The van der Waals surface area contributed by atoms with Gasteiger partial charge in [-0.1, -0.05) is 27.7 Å². The zero-order valence-electron chi connectivity index (χ0n) is 14.5. The van der Waals surface area contributed by atoms with Crippen LogP contribution in [0.4, 0.5) is 11.4 Å². The van der Waals surface area contributed by atoms with Gasteiger partial charge in [-0.3, -0.25) is 9.52 Å². The summed E-state index contributed by atoms with van der Waals surface area (Å²) in [4.78, 5) is 12.0. The maximum atomic E-state index is 12.0. The molecule has 8 nitrogen and oxygen atoms in total. The summed E-state index contributed by atoms with van der Waals surface area (Å²) in [5.74, 6) is 0.208. The highest BCUT2D eigenvalue weighted by Crippen LogP contribution is 2.25. The third-order valence-corrected chi connectivity index (χ3v) is 5.25. The Morgan fingerprint density at radius 2 is 1.71 bits per heavy atom. The molecule has 28 heavy (non-hydrogen) atoms. The third-order valence-electron chi connectivity index (χ3n) is 3.30. The predicted molar refractivity (Wildman–Crippen MR) is 112 cm³/mol. The lowest BCUT2D eigenvalue weighted by Crippen LogP contribution is -2.13. The fourth-order valence-corrected chi connectivity index (χ4v) is 3.53. The second-order valence-corrected chi connectivity index (χ2v) is 9.26. The normalized spacial score (nSPS) is 11.2. The summed E-state index contributed by atoms with van der Waals surface area (Å²) in [5, 5.41) is 10.9. The first kappa shape index (κ1) is 20.4. The van der Waals surface area contributed by atoms with Crippen molar-refractivity contribution in [2.75, 3.05) is 22.0 Å². The van der Waals surface area contributed by atoms with Crippen molar-refractivity contribution in [2.24, 2.45) is 0 Å².